The summed E-state index contributed by atoms with van der Waals surface area (Å²) < 4.78 is 38.9. The quantitative estimate of drug-likeness (QED) is 0.620. The average molecular weight is 503 g/mol. The lowest BCUT2D eigenvalue weighted by molar-refractivity contribution is -0.143. The molecule has 3 aliphatic rings. The number of fused-ring (bicyclic) bond motifs is 1. The van der Waals surface area contributed by atoms with E-state index in [0.29, 0.717) is 18.5 Å². The van der Waals surface area contributed by atoms with Crippen LogP contribution in [0.3, 0.4) is 0 Å². The predicted octanol–water partition coefficient (Wildman–Crippen LogP) is 2.71. The first-order valence-corrected chi connectivity index (χ1v) is 12.2. The van der Waals surface area contributed by atoms with Crippen molar-refractivity contribution < 1.29 is 32.8 Å². The Hall–Kier alpha value is -2.50. The Labute approximate surface area is 211 Å². The second kappa shape index (κ2) is 8.81. The van der Waals surface area contributed by atoms with Gasteiger partial charge < -0.3 is 24.1 Å². The van der Waals surface area contributed by atoms with Crippen LogP contribution < -0.4 is 10.8 Å². The van der Waals surface area contributed by atoms with Gasteiger partial charge in [0.05, 0.1) is 23.7 Å². The van der Waals surface area contributed by atoms with Gasteiger partial charge in [-0.2, -0.15) is 0 Å². The van der Waals surface area contributed by atoms with E-state index < -0.39 is 47.3 Å². The van der Waals surface area contributed by atoms with E-state index in [4.69, 9.17) is 18.8 Å². The third kappa shape index (κ3) is 4.64. The third-order valence-corrected chi connectivity index (χ3v) is 7.34. The number of amides is 2. The number of rotatable bonds is 2. The van der Waals surface area contributed by atoms with E-state index in [0.717, 1.165) is 0 Å². The summed E-state index contributed by atoms with van der Waals surface area (Å²) in [5.41, 5.74) is -2.37. The fraction of sp³-hybridized carbons (Fsp3) is 0.640. The van der Waals surface area contributed by atoms with Gasteiger partial charge in [-0.3, -0.25) is 9.69 Å². The van der Waals surface area contributed by atoms with Gasteiger partial charge in [0.25, 0.3) is 0 Å². The zero-order valence-corrected chi connectivity index (χ0v) is 22.2. The van der Waals surface area contributed by atoms with Crippen LogP contribution in [0.25, 0.3) is 0 Å². The van der Waals surface area contributed by atoms with E-state index in [-0.39, 0.29) is 24.0 Å². The number of guanidine groups is 1. The SMILES string of the molecule is CN1C(=O)[C@@H]2CCOC[C@]2(c2cc(B3OC(C)(C)C(C)(C)O3)ccc2F)N/C1=N\C(=O)OC(C)(C)C. The van der Waals surface area contributed by atoms with Crippen molar-refractivity contribution in [2.45, 2.75) is 77.2 Å². The van der Waals surface area contributed by atoms with E-state index >= 15 is 4.39 Å². The highest BCUT2D eigenvalue weighted by molar-refractivity contribution is 6.62. The number of benzene rings is 1. The molecular weight excluding hydrogens is 468 g/mol. The average Bonchev–Trinajstić information content (AvgIpc) is 2.97. The van der Waals surface area contributed by atoms with Gasteiger partial charge >= 0.3 is 13.2 Å². The van der Waals surface area contributed by atoms with Gasteiger partial charge in [0, 0.05) is 19.2 Å². The van der Waals surface area contributed by atoms with Gasteiger partial charge in [0.2, 0.25) is 11.9 Å². The Bertz CT molecular complexity index is 1090. The highest BCUT2D eigenvalue weighted by Gasteiger charge is 2.55. The molecule has 36 heavy (non-hydrogen) atoms. The maximum Gasteiger partial charge on any atom is 0.494 e. The van der Waals surface area contributed by atoms with Crippen LogP contribution >= 0.6 is 0 Å². The van der Waals surface area contributed by atoms with Crippen LogP contribution in [0, 0.1) is 11.7 Å². The highest BCUT2D eigenvalue weighted by atomic mass is 19.1. The number of hydrogen-bond acceptors (Lipinski definition) is 6. The Morgan fingerprint density at radius 1 is 1.22 bits per heavy atom. The fourth-order valence-corrected chi connectivity index (χ4v) is 4.68. The van der Waals surface area contributed by atoms with Crippen LogP contribution in [0.4, 0.5) is 9.18 Å². The molecule has 0 bridgehead atoms. The number of ether oxygens (including phenoxy) is 2. The summed E-state index contributed by atoms with van der Waals surface area (Å²) >= 11 is 0. The van der Waals surface area contributed by atoms with Crippen molar-refractivity contribution in [3.05, 3.63) is 29.6 Å². The normalized spacial score (nSPS) is 28.6. The molecule has 0 aliphatic carbocycles. The Morgan fingerprint density at radius 3 is 2.47 bits per heavy atom. The van der Waals surface area contributed by atoms with E-state index in [9.17, 15) is 9.59 Å². The number of carbonyl (C=O) groups is 2. The third-order valence-electron chi connectivity index (χ3n) is 7.34. The number of carbonyl (C=O) groups excluding carboxylic acids is 2. The highest BCUT2D eigenvalue weighted by Crippen LogP contribution is 2.41. The Morgan fingerprint density at radius 2 is 1.86 bits per heavy atom. The van der Waals surface area contributed by atoms with Crippen LogP contribution in [0.1, 0.15) is 60.5 Å². The maximum absolute atomic E-state index is 15.5. The molecule has 0 radical (unpaired) electrons. The Kier molecular flexibility index (Phi) is 6.50. The van der Waals surface area contributed by atoms with Crippen molar-refractivity contribution in [2.75, 3.05) is 20.3 Å². The molecule has 0 aromatic heterocycles. The zero-order chi connectivity index (χ0) is 26.7. The number of nitrogens with zero attached hydrogens (tertiary/aromatic N) is 2. The van der Waals surface area contributed by atoms with Gasteiger partial charge in [-0.15, -0.1) is 4.99 Å². The van der Waals surface area contributed by atoms with Crippen LogP contribution in [0.15, 0.2) is 23.2 Å². The van der Waals surface area contributed by atoms with Gasteiger partial charge in [0.15, 0.2) is 0 Å². The number of halogens is 1. The van der Waals surface area contributed by atoms with Gasteiger partial charge in [0.1, 0.15) is 17.0 Å². The molecule has 3 fully saturated rings. The predicted molar refractivity (Wildman–Crippen MR) is 132 cm³/mol. The molecule has 9 nitrogen and oxygen atoms in total. The van der Waals surface area contributed by atoms with Crippen LogP contribution in [0.2, 0.25) is 0 Å². The monoisotopic (exact) mass is 503 g/mol. The largest absolute Gasteiger partial charge is 0.494 e. The summed E-state index contributed by atoms with van der Waals surface area (Å²) in [6.45, 7) is 13.3. The minimum Gasteiger partial charge on any atom is -0.442 e. The summed E-state index contributed by atoms with van der Waals surface area (Å²) in [6.07, 6.45) is -0.489. The van der Waals surface area contributed by atoms with E-state index in [1.165, 1.54) is 18.0 Å². The second-order valence-electron chi connectivity index (χ2n) is 11.6. The Balaban J connectivity index is 1.77. The molecule has 0 saturated carbocycles. The van der Waals surface area contributed by atoms with Crippen molar-refractivity contribution in [1.29, 1.82) is 0 Å². The number of aliphatic imine (C=N–C) groups is 1. The molecule has 0 spiro atoms. The minimum atomic E-state index is -1.29. The molecule has 3 aliphatic heterocycles. The van der Waals surface area contributed by atoms with Crippen LogP contribution in [-0.4, -0.2) is 67.0 Å². The summed E-state index contributed by atoms with van der Waals surface area (Å²) in [5.74, 6) is -1.49. The van der Waals surface area contributed by atoms with Crippen molar-refractivity contribution >= 4 is 30.5 Å². The van der Waals surface area contributed by atoms with Crippen LogP contribution in [-0.2, 0) is 29.1 Å². The smallest absolute Gasteiger partial charge is 0.442 e. The maximum atomic E-state index is 15.5. The van der Waals surface area contributed by atoms with Crippen LogP contribution in [0.5, 0.6) is 0 Å². The van der Waals surface area contributed by atoms with Crippen molar-refractivity contribution in [3.63, 3.8) is 0 Å². The topological polar surface area (TPSA) is 98.7 Å². The molecule has 1 aromatic carbocycles. The minimum absolute atomic E-state index is 0.00826. The summed E-state index contributed by atoms with van der Waals surface area (Å²) in [4.78, 5) is 31.2. The van der Waals surface area contributed by atoms with Gasteiger partial charge in [-0.1, -0.05) is 12.1 Å². The number of hydrogen-bond donors (Lipinski definition) is 1. The summed E-state index contributed by atoms with van der Waals surface area (Å²) in [7, 11) is 0.806. The molecule has 1 N–H and O–H groups in total. The summed E-state index contributed by atoms with van der Waals surface area (Å²) in [5, 5.41) is 3.18. The molecular formula is C25H35BFN3O6. The van der Waals surface area contributed by atoms with Gasteiger partial charge in [-0.05, 0) is 66.4 Å². The van der Waals surface area contributed by atoms with E-state index in [2.05, 4.69) is 10.3 Å². The fourth-order valence-electron chi connectivity index (χ4n) is 4.68. The first-order chi connectivity index (χ1) is 16.6. The van der Waals surface area contributed by atoms with Crippen molar-refractivity contribution in [3.8, 4) is 0 Å². The molecule has 2 amide bonds. The van der Waals surface area contributed by atoms with Crippen molar-refractivity contribution in [1.82, 2.24) is 10.2 Å². The van der Waals surface area contributed by atoms with E-state index in [1.54, 1.807) is 32.9 Å². The standard InChI is InChI=1S/C25H35BFN3O6/c1-22(2,3)34-21(32)28-20-29-25(14-33-12-11-16(25)19(31)30(20)8)17-13-15(9-10-18(17)27)26-35-23(4,5)24(6,7)36-26/h9-10,13,16H,11-12,14H2,1-8H3,(H,28,29,32)/t16-,25-/m0/s1. The molecule has 1 aromatic rings. The first-order valence-electron chi connectivity index (χ1n) is 12.2. The molecule has 11 heteroatoms. The van der Waals surface area contributed by atoms with Crippen molar-refractivity contribution in [2.24, 2.45) is 10.9 Å². The molecule has 196 valence electrons. The zero-order valence-electron chi connectivity index (χ0n) is 22.2. The molecule has 0 unspecified atom stereocenters. The second-order valence-corrected chi connectivity index (χ2v) is 11.6. The first kappa shape index (κ1) is 26.6. The van der Waals surface area contributed by atoms with E-state index in [1.807, 2.05) is 27.7 Å². The lowest BCUT2D eigenvalue weighted by atomic mass is 9.70. The molecule has 2 atom stereocenters. The molecule has 4 rings (SSSR count). The lowest BCUT2D eigenvalue weighted by Crippen LogP contribution is -2.69. The van der Waals surface area contributed by atoms with Gasteiger partial charge in [-0.25, -0.2) is 9.18 Å². The molecule has 3 heterocycles. The lowest BCUT2D eigenvalue weighted by Gasteiger charge is -2.50. The summed E-state index contributed by atoms with van der Waals surface area (Å²) in [6, 6.07) is 4.60. The number of nitrogens with one attached hydrogen (secondary N) is 1. The molecule has 3 saturated heterocycles.